The number of benzene rings is 2. The molecule has 0 aliphatic heterocycles. The molecule has 4 nitrogen and oxygen atoms in total. The lowest BCUT2D eigenvalue weighted by molar-refractivity contribution is 0.415. The lowest BCUT2D eigenvalue weighted by atomic mass is 10.1. The molecule has 0 amide bonds. The van der Waals surface area contributed by atoms with Gasteiger partial charge in [-0.05, 0) is 47.7 Å². The molecule has 0 bridgehead atoms. The van der Waals surface area contributed by atoms with Gasteiger partial charge in [-0.25, -0.2) is 0 Å². The van der Waals surface area contributed by atoms with E-state index in [1.54, 1.807) is 7.11 Å². The molecule has 3 rings (SSSR count). The van der Waals surface area contributed by atoms with Gasteiger partial charge in [-0.3, -0.25) is 4.79 Å². The van der Waals surface area contributed by atoms with Gasteiger partial charge in [-0.1, -0.05) is 25.1 Å². The monoisotopic (exact) mass is 308 g/mol. The molecule has 1 aromatic heterocycles. The Bertz CT molecular complexity index is 867. The number of nitrogens with one attached hydrogen (secondary N) is 2. The van der Waals surface area contributed by atoms with E-state index in [0.29, 0.717) is 6.54 Å². The highest BCUT2D eigenvalue weighted by molar-refractivity contribution is 5.82. The molecule has 0 unspecified atom stereocenters. The summed E-state index contributed by atoms with van der Waals surface area (Å²) >= 11 is 0. The fourth-order valence-electron chi connectivity index (χ4n) is 2.67. The maximum atomic E-state index is 12.3. The fourth-order valence-corrected chi connectivity index (χ4v) is 2.67. The first kappa shape index (κ1) is 15.2. The molecule has 0 saturated carbocycles. The summed E-state index contributed by atoms with van der Waals surface area (Å²) in [5.41, 5.74) is 3.73. The van der Waals surface area contributed by atoms with E-state index in [2.05, 4.69) is 17.2 Å². The van der Waals surface area contributed by atoms with Crippen LogP contribution in [0.15, 0.2) is 53.3 Å². The van der Waals surface area contributed by atoms with Crippen LogP contribution in [0.25, 0.3) is 10.9 Å². The third-order valence-corrected chi connectivity index (χ3v) is 4.00. The zero-order valence-electron chi connectivity index (χ0n) is 13.3. The molecule has 0 fully saturated rings. The van der Waals surface area contributed by atoms with Gasteiger partial charge < -0.3 is 15.0 Å². The number of ether oxygens (including phenoxy) is 1. The highest BCUT2D eigenvalue weighted by atomic mass is 16.5. The molecule has 0 aliphatic carbocycles. The summed E-state index contributed by atoms with van der Waals surface area (Å²) in [4.78, 5) is 15.3. The van der Waals surface area contributed by atoms with Crippen molar-refractivity contribution in [2.45, 2.75) is 19.9 Å². The van der Waals surface area contributed by atoms with Crippen LogP contribution in [0, 0.1) is 0 Å². The first-order valence-corrected chi connectivity index (χ1v) is 7.73. The first-order valence-electron chi connectivity index (χ1n) is 7.73. The van der Waals surface area contributed by atoms with Crippen molar-refractivity contribution in [3.8, 4) is 5.75 Å². The Morgan fingerprint density at radius 3 is 2.57 bits per heavy atom. The van der Waals surface area contributed by atoms with Crippen molar-refractivity contribution in [1.82, 2.24) is 4.98 Å². The van der Waals surface area contributed by atoms with Crippen molar-refractivity contribution < 1.29 is 4.74 Å². The van der Waals surface area contributed by atoms with E-state index >= 15 is 0 Å². The molecule has 2 N–H and O–H groups in total. The van der Waals surface area contributed by atoms with Crippen molar-refractivity contribution in [3.63, 3.8) is 0 Å². The van der Waals surface area contributed by atoms with E-state index in [0.717, 1.165) is 39.9 Å². The Balaban J connectivity index is 1.85. The number of hydrogen-bond donors (Lipinski definition) is 2. The van der Waals surface area contributed by atoms with Crippen molar-refractivity contribution in [3.05, 3.63) is 70.0 Å². The number of H-pyrrole nitrogens is 1. The number of aryl methyl sites for hydroxylation is 1. The Kier molecular flexibility index (Phi) is 4.33. The van der Waals surface area contributed by atoms with Gasteiger partial charge in [0.1, 0.15) is 5.75 Å². The van der Waals surface area contributed by atoms with Crippen molar-refractivity contribution >= 4 is 16.6 Å². The third kappa shape index (κ3) is 3.21. The Hall–Kier alpha value is -2.75. The van der Waals surface area contributed by atoms with Gasteiger partial charge in [0.2, 0.25) is 0 Å². The van der Waals surface area contributed by atoms with E-state index < -0.39 is 0 Å². The average Bonchev–Trinajstić information content (AvgIpc) is 2.60. The minimum absolute atomic E-state index is 0.0422. The normalized spacial score (nSPS) is 10.7. The van der Waals surface area contributed by atoms with Crippen LogP contribution in [0.5, 0.6) is 5.75 Å². The van der Waals surface area contributed by atoms with Gasteiger partial charge in [0.25, 0.3) is 5.56 Å². The molecular weight excluding hydrogens is 288 g/mol. The molecular formula is C19H20N2O2. The topological polar surface area (TPSA) is 54.1 Å². The maximum absolute atomic E-state index is 12.3. The predicted molar refractivity (Wildman–Crippen MR) is 94.3 cm³/mol. The van der Waals surface area contributed by atoms with Gasteiger partial charge in [-0.15, -0.1) is 0 Å². The largest absolute Gasteiger partial charge is 0.497 e. The number of hydrogen-bond acceptors (Lipinski definition) is 3. The van der Waals surface area contributed by atoms with Gasteiger partial charge in [0.05, 0.1) is 12.6 Å². The minimum Gasteiger partial charge on any atom is -0.497 e. The third-order valence-electron chi connectivity index (χ3n) is 4.00. The summed E-state index contributed by atoms with van der Waals surface area (Å²) in [6, 6.07) is 15.7. The second-order valence-corrected chi connectivity index (χ2v) is 5.44. The molecule has 0 atom stereocenters. The van der Waals surface area contributed by atoms with Gasteiger partial charge >= 0.3 is 0 Å². The van der Waals surface area contributed by atoms with Crippen LogP contribution in [0.2, 0.25) is 0 Å². The number of pyridine rings is 1. The lowest BCUT2D eigenvalue weighted by Crippen LogP contribution is -2.16. The number of rotatable bonds is 5. The number of aromatic amines is 1. The summed E-state index contributed by atoms with van der Waals surface area (Å²) in [7, 11) is 1.64. The molecule has 118 valence electrons. The number of para-hydroxylation sites is 1. The minimum atomic E-state index is -0.0422. The van der Waals surface area contributed by atoms with Crippen LogP contribution in [0.1, 0.15) is 18.1 Å². The van der Waals surface area contributed by atoms with Gasteiger partial charge in [-0.2, -0.15) is 0 Å². The standard InChI is InChI=1S/C19H20N2O2/c1-3-13-5-4-6-14-11-15(19(22)21-18(13)14)12-20-16-7-9-17(23-2)10-8-16/h4-11,20H,3,12H2,1-2H3,(H,21,22). The lowest BCUT2D eigenvalue weighted by Gasteiger charge is -2.09. The second-order valence-electron chi connectivity index (χ2n) is 5.44. The number of anilines is 1. The number of aromatic nitrogens is 1. The summed E-state index contributed by atoms with van der Waals surface area (Å²) in [6.45, 7) is 2.57. The molecule has 3 aromatic rings. The highest BCUT2D eigenvalue weighted by Crippen LogP contribution is 2.18. The van der Waals surface area contributed by atoms with E-state index in [-0.39, 0.29) is 5.56 Å². The Labute approximate surface area is 135 Å². The van der Waals surface area contributed by atoms with Gasteiger partial charge in [0.15, 0.2) is 0 Å². The zero-order chi connectivity index (χ0) is 16.2. The van der Waals surface area contributed by atoms with Crippen molar-refractivity contribution in [1.29, 1.82) is 0 Å². The number of fused-ring (bicyclic) bond motifs is 1. The molecule has 0 saturated heterocycles. The number of methoxy groups -OCH3 is 1. The molecule has 4 heteroatoms. The Morgan fingerprint density at radius 2 is 1.87 bits per heavy atom. The first-order chi connectivity index (χ1) is 11.2. The van der Waals surface area contributed by atoms with E-state index in [1.807, 2.05) is 48.5 Å². The summed E-state index contributed by atoms with van der Waals surface area (Å²) in [5.74, 6) is 0.811. The van der Waals surface area contributed by atoms with Gasteiger partial charge in [0, 0.05) is 17.8 Å². The van der Waals surface area contributed by atoms with E-state index in [4.69, 9.17) is 4.74 Å². The maximum Gasteiger partial charge on any atom is 0.253 e. The highest BCUT2D eigenvalue weighted by Gasteiger charge is 2.05. The quantitative estimate of drug-likeness (QED) is 0.755. The molecule has 0 aliphatic rings. The SMILES string of the molecule is CCc1cccc2cc(CNc3ccc(OC)cc3)c(=O)[nH]c12. The van der Waals surface area contributed by atoms with Crippen LogP contribution >= 0.6 is 0 Å². The molecule has 0 radical (unpaired) electrons. The summed E-state index contributed by atoms with van der Waals surface area (Å²) in [6.07, 6.45) is 0.900. The van der Waals surface area contributed by atoms with Crippen LogP contribution < -0.4 is 15.6 Å². The van der Waals surface area contributed by atoms with Crippen molar-refractivity contribution in [2.75, 3.05) is 12.4 Å². The molecule has 2 aromatic carbocycles. The molecule has 23 heavy (non-hydrogen) atoms. The van der Waals surface area contributed by atoms with E-state index in [9.17, 15) is 4.79 Å². The Morgan fingerprint density at radius 1 is 1.09 bits per heavy atom. The van der Waals surface area contributed by atoms with E-state index in [1.165, 1.54) is 0 Å². The average molecular weight is 308 g/mol. The summed E-state index contributed by atoms with van der Waals surface area (Å²) in [5, 5.41) is 4.34. The molecule has 0 spiro atoms. The van der Waals surface area contributed by atoms with Crippen LogP contribution in [-0.4, -0.2) is 12.1 Å². The zero-order valence-corrected chi connectivity index (χ0v) is 13.3. The molecule has 1 heterocycles. The van der Waals surface area contributed by atoms with Crippen LogP contribution in [0.3, 0.4) is 0 Å². The predicted octanol–water partition coefficient (Wildman–Crippen LogP) is 3.71. The summed E-state index contributed by atoms with van der Waals surface area (Å²) < 4.78 is 5.14. The second kappa shape index (κ2) is 6.57. The smallest absolute Gasteiger partial charge is 0.253 e. The van der Waals surface area contributed by atoms with Crippen LogP contribution in [0.4, 0.5) is 5.69 Å². The van der Waals surface area contributed by atoms with Crippen molar-refractivity contribution in [2.24, 2.45) is 0 Å². The van der Waals surface area contributed by atoms with Crippen LogP contribution in [-0.2, 0) is 13.0 Å². The fraction of sp³-hybridized carbons (Fsp3) is 0.211.